The highest BCUT2D eigenvalue weighted by Crippen LogP contribution is 2.28. The number of nitrogens with zero attached hydrogens (tertiary/aromatic N) is 4. The predicted octanol–water partition coefficient (Wildman–Crippen LogP) is 2.92. The Kier molecular flexibility index (Phi) is 5.34. The number of rotatable bonds is 3. The van der Waals surface area contributed by atoms with Crippen LogP contribution in [0.25, 0.3) is 0 Å². The van der Waals surface area contributed by atoms with E-state index in [1.165, 1.54) is 45.2 Å². The molecule has 1 aromatic heterocycles. The molecule has 1 fully saturated rings. The summed E-state index contributed by atoms with van der Waals surface area (Å²) in [5.74, 6) is 2.44. The molecule has 140 valence electrons. The summed E-state index contributed by atoms with van der Waals surface area (Å²) in [6, 6.07) is 0. The van der Waals surface area contributed by atoms with Crippen molar-refractivity contribution in [2.75, 3.05) is 26.2 Å². The lowest BCUT2D eigenvalue weighted by molar-refractivity contribution is -0.129. The maximum Gasteiger partial charge on any atom is 0.219 e. The second-order valence-corrected chi connectivity index (χ2v) is 8.14. The van der Waals surface area contributed by atoms with Crippen LogP contribution in [-0.2, 0) is 17.8 Å². The monoisotopic (exact) mass is 354 g/mol. The third kappa shape index (κ3) is 3.98. The standard InChI is InChI=1S/C21H30N4O/c1-16(26)25-11-9-20-19(15-25)12-22-21(23-20)18-8-5-10-24(14-18)13-17-6-3-2-4-7-17/h2-3,12,17-18H,4-11,13-15H2,1H3/t17-,18+/m0/s1. The van der Waals surface area contributed by atoms with E-state index in [1.54, 1.807) is 6.92 Å². The Balaban J connectivity index is 1.41. The molecule has 3 aliphatic rings. The summed E-state index contributed by atoms with van der Waals surface area (Å²) in [4.78, 5) is 25.7. The molecule has 0 spiro atoms. The Hall–Kier alpha value is -1.75. The van der Waals surface area contributed by atoms with E-state index in [1.807, 2.05) is 11.1 Å². The number of amides is 1. The number of carbonyl (C=O) groups excluding carboxylic acids is 1. The molecule has 0 saturated carbocycles. The zero-order chi connectivity index (χ0) is 17.9. The van der Waals surface area contributed by atoms with Gasteiger partial charge in [-0.25, -0.2) is 9.97 Å². The van der Waals surface area contributed by atoms with Gasteiger partial charge in [-0.2, -0.15) is 0 Å². The molecule has 1 saturated heterocycles. The van der Waals surface area contributed by atoms with E-state index in [-0.39, 0.29) is 5.91 Å². The Bertz CT molecular complexity index is 687. The lowest BCUT2D eigenvalue weighted by Crippen LogP contribution is -2.39. The van der Waals surface area contributed by atoms with E-state index in [9.17, 15) is 4.79 Å². The van der Waals surface area contributed by atoms with E-state index in [4.69, 9.17) is 9.97 Å². The average Bonchev–Trinajstić information content (AvgIpc) is 2.68. The first-order chi connectivity index (χ1) is 12.7. The number of likely N-dealkylation sites (tertiary alicyclic amines) is 1. The number of hydrogen-bond donors (Lipinski definition) is 0. The molecule has 1 aliphatic carbocycles. The summed E-state index contributed by atoms with van der Waals surface area (Å²) < 4.78 is 0. The Morgan fingerprint density at radius 3 is 3.00 bits per heavy atom. The molecule has 1 aromatic rings. The summed E-state index contributed by atoms with van der Waals surface area (Å²) in [5.41, 5.74) is 2.28. The van der Waals surface area contributed by atoms with Gasteiger partial charge in [-0.1, -0.05) is 12.2 Å². The van der Waals surface area contributed by atoms with Crippen molar-refractivity contribution >= 4 is 5.91 Å². The van der Waals surface area contributed by atoms with Gasteiger partial charge in [-0.15, -0.1) is 0 Å². The molecule has 5 heteroatoms. The van der Waals surface area contributed by atoms with Gasteiger partial charge in [-0.05, 0) is 44.6 Å². The molecule has 0 radical (unpaired) electrons. The molecule has 0 N–H and O–H groups in total. The average molecular weight is 354 g/mol. The SMILES string of the molecule is CC(=O)N1CCc2nc([C@@H]3CCCN(C[C@H]4CC=CCC4)C3)ncc2C1. The van der Waals surface area contributed by atoms with Gasteiger partial charge >= 0.3 is 0 Å². The van der Waals surface area contributed by atoms with Crippen LogP contribution in [-0.4, -0.2) is 51.9 Å². The molecule has 2 atom stereocenters. The van der Waals surface area contributed by atoms with Gasteiger partial charge in [0.05, 0.1) is 5.69 Å². The van der Waals surface area contributed by atoms with Crippen molar-refractivity contribution in [2.45, 2.75) is 57.9 Å². The van der Waals surface area contributed by atoms with Crippen LogP contribution in [0.1, 0.15) is 62.0 Å². The first-order valence-electron chi connectivity index (χ1n) is 10.2. The molecular formula is C21H30N4O. The van der Waals surface area contributed by atoms with E-state index in [0.29, 0.717) is 12.5 Å². The number of allylic oxidation sites excluding steroid dienone is 2. The maximum atomic E-state index is 11.6. The van der Waals surface area contributed by atoms with Crippen LogP contribution in [0, 0.1) is 5.92 Å². The minimum Gasteiger partial charge on any atom is -0.338 e. The quantitative estimate of drug-likeness (QED) is 0.783. The summed E-state index contributed by atoms with van der Waals surface area (Å²) in [7, 11) is 0. The zero-order valence-corrected chi connectivity index (χ0v) is 15.9. The van der Waals surface area contributed by atoms with Crippen molar-refractivity contribution in [3.8, 4) is 0 Å². The molecule has 0 bridgehead atoms. The lowest BCUT2D eigenvalue weighted by Gasteiger charge is -2.35. The number of piperidine rings is 1. The molecule has 4 rings (SSSR count). The lowest BCUT2D eigenvalue weighted by atomic mass is 9.91. The molecule has 0 unspecified atom stereocenters. The molecule has 26 heavy (non-hydrogen) atoms. The highest BCUT2D eigenvalue weighted by molar-refractivity contribution is 5.73. The van der Waals surface area contributed by atoms with Crippen LogP contribution in [0.15, 0.2) is 18.3 Å². The Morgan fingerprint density at radius 2 is 2.19 bits per heavy atom. The molecule has 1 amide bonds. The number of hydrogen-bond acceptors (Lipinski definition) is 4. The normalized spacial score (nSPS) is 26.6. The van der Waals surface area contributed by atoms with Gasteiger partial charge in [0.2, 0.25) is 5.91 Å². The van der Waals surface area contributed by atoms with Gasteiger partial charge < -0.3 is 9.80 Å². The van der Waals surface area contributed by atoms with Crippen LogP contribution in [0.2, 0.25) is 0 Å². The molecule has 5 nitrogen and oxygen atoms in total. The first-order valence-corrected chi connectivity index (χ1v) is 10.2. The third-order valence-corrected chi connectivity index (χ3v) is 6.16. The summed E-state index contributed by atoms with van der Waals surface area (Å²) in [5, 5.41) is 0. The minimum absolute atomic E-state index is 0.139. The fraction of sp³-hybridized carbons (Fsp3) is 0.667. The van der Waals surface area contributed by atoms with Crippen LogP contribution in [0.3, 0.4) is 0 Å². The molecule has 2 aliphatic heterocycles. The van der Waals surface area contributed by atoms with Crippen molar-refractivity contribution in [1.82, 2.24) is 19.8 Å². The summed E-state index contributed by atoms with van der Waals surface area (Å²) in [6.45, 7) is 6.62. The van der Waals surface area contributed by atoms with Crippen LogP contribution >= 0.6 is 0 Å². The van der Waals surface area contributed by atoms with E-state index < -0.39 is 0 Å². The minimum atomic E-state index is 0.139. The number of aromatic nitrogens is 2. The van der Waals surface area contributed by atoms with Gasteiger partial charge in [0.15, 0.2) is 0 Å². The highest BCUT2D eigenvalue weighted by atomic mass is 16.2. The van der Waals surface area contributed by atoms with E-state index in [2.05, 4.69) is 17.1 Å². The molecular weight excluding hydrogens is 324 g/mol. The van der Waals surface area contributed by atoms with E-state index in [0.717, 1.165) is 42.5 Å². The van der Waals surface area contributed by atoms with Crippen LogP contribution < -0.4 is 0 Å². The molecule has 3 heterocycles. The summed E-state index contributed by atoms with van der Waals surface area (Å²) >= 11 is 0. The third-order valence-electron chi connectivity index (χ3n) is 6.16. The van der Waals surface area contributed by atoms with Gasteiger partial charge in [0.25, 0.3) is 0 Å². The zero-order valence-electron chi connectivity index (χ0n) is 15.9. The second kappa shape index (κ2) is 7.87. The van der Waals surface area contributed by atoms with Crippen molar-refractivity contribution in [1.29, 1.82) is 0 Å². The molecule has 0 aromatic carbocycles. The topological polar surface area (TPSA) is 49.3 Å². The smallest absolute Gasteiger partial charge is 0.219 e. The van der Waals surface area contributed by atoms with Gasteiger partial charge in [-0.3, -0.25) is 4.79 Å². The van der Waals surface area contributed by atoms with Crippen molar-refractivity contribution in [2.24, 2.45) is 5.92 Å². The summed E-state index contributed by atoms with van der Waals surface area (Å²) in [6.07, 6.45) is 13.8. The fourth-order valence-corrected chi connectivity index (χ4v) is 4.62. The largest absolute Gasteiger partial charge is 0.338 e. The predicted molar refractivity (Wildman–Crippen MR) is 102 cm³/mol. The number of fused-ring (bicyclic) bond motifs is 1. The number of carbonyl (C=O) groups is 1. The highest BCUT2D eigenvalue weighted by Gasteiger charge is 2.27. The van der Waals surface area contributed by atoms with Crippen molar-refractivity contribution in [3.63, 3.8) is 0 Å². The Labute approximate surface area is 156 Å². The second-order valence-electron chi connectivity index (χ2n) is 8.14. The first kappa shape index (κ1) is 17.7. The maximum absolute atomic E-state index is 11.6. The van der Waals surface area contributed by atoms with Crippen molar-refractivity contribution in [3.05, 3.63) is 35.4 Å². The van der Waals surface area contributed by atoms with Gasteiger partial charge in [0.1, 0.15) is 5.82 Å². The van der Waals surface area contributed by atoms with Crippen LogP contribution in [0.5, 0.6) is 0 Å². The van der Waals surface area contributed by atoms with Crippen LogP contribution in [0.4, 0.5) is 0 Å². The fourth-order valence-electron chi connectivity index (χ4n) is 4.62. The Morgan fingerprint density at radius 1 is 1.27 bits per heavy atom. The van der Waals surface area contributed by atoms with Crippen molar-refractivity contribution < 1.29 is 4.79 Å². The van der Waals surface area contributed by atoms with E-state index >= 15 is 0 Å². The van der Waals surface area contributed by atoms with Gasteiger partial charge in [0, 0.05) is 57.2 Å².